The Bertz CT molecular complexity index is 188. The minimum atomic E-state index is -1.11. The molecule has 0 unspecified atom stereocenters. The lowest BCUT2D eigenvalue weighted by atomic mass is 10.1. The summed E-state index contributed by atoms with van der Waals surface area (Å²) in [5.74, 6) is 6.83. The summed E-state index contributed by atoms with van der Waals surface area (Å²) in [6.45, 7) is 6.95. The van der Waals surface area contributed by atoms with E-state index < -0.39 is 8.07 Å². The number of thioether (sulfide) groups is 1. The standard InChI is InChI=1S/C10H18SSi/c1-12(2,3)9-6-10-4-7-11-8-5-10/h10H,4-5,7-8H2,1-3H3. The fourth-order valence-corrected chi connectivity index (χ4v) is 2.90. The Hall–Kier alpha value is 0.127. The van der Waals surface area contributed by atoms with Gasteiger partial charge in [0.05, 0.1) is 0 Å². The van der Waals surface area contributed by atoms with Crippen LogP contribution in [-0.4, -0.2) is 19.6 Å². The topological polar surface area (TPSA) is 0 Å². The summed E-state index contributed by atoms with van der Waals surface area (Å²) >= 11 is 2.08. The van der Waals surface area contributed by atoms with Crippen LogP contribution in [0.4, 0.5) is 0 Å². The van der Waals surface area contributed by atoms with Crippen molar-refractivity contribution in [2.75, 3.05) is 11.5 Å². The highest BCUT2D eigenvalue weighted by Gasteiger charge is 2.12. The lowest BCUT2D eigenvalue weighted by Gasteiger charge is -2.16. The molecular weight excluding hydrogens is 180 g/mol. The summed E-state index contributed by atoms with van der Waals surface area (Å²) in [5.41, 5.74) is 3.47. The molecule has 1 aliphatic heterocycles. The Morgan fingerprint density at radius 2 is 1.75 bits per heavy atom. The van der Waals surface area contributed by atoms with E-state index in [2.05, 4.69) is 42.9 Å². The van der Waals surface area contributed by atoms with Crippen LogP contribution >= 0.6 is 11.8 Å². The van der Waals surface area contributed by atoms with Crippen molar-refractivity contribution in [1.29, 1.82) is 0 Å². The van der Waals surface area contributed by atoms with Gasteiger partial charge in [0, 0.05) is 5.92 Å². The molecule has 0 aromatic heterocycles. The van der Waals surface area contributed by atoms with Gasteiger partial charge in [-0.1, -0.05) is 19.6 Å². The maximum atomic E-state index is 3.47. The van der Waals surface area contributed by atoms with Gasteiger partial charge in [0.1, 0.15) is 8.07 Å². The Balaban J connectivity index is 2.41. The van der Waals surface area contributed by atoms with E-state index in [1.54, 1.807) is 0 Å². The van der Waals surface area contributed by atoms with Crippen LogP contribution in [0.3, 0.4) is 0 Å². The zero-order valence-corrected chi connectivity index (χ0v) is 10.1. The molecule has 0 atom stereocenters. The summed E-state index contributed by atoms with van der Waals surface area (Å²) in [5, 5.41) is 0. The molecule has 1 fully saturated rings. The highest BCUT2D eigenvalue weighted by Crippen LogP contribution is 2.21. The van der Waals surface area contributed by atoms with Crippen LogP contribution in [-0.2, 0) is 0 Å². The summed E-state index contributed by atoms with van der Waals surface area (Å²) < 4.78 is 0. The molecule has 0 aromatic rings. The smallest absolute Gasteiger partial charge is 0.129 e. The average Bonchev–Trinajstić information content (AvgIpc) is 2.02. The number of hydrogen-bond acceptors (Lipinski definition) is 1. The fraction of sp³-hybridized carbons (Fsp3) is 0.800. The van der Waals surface area contributed by atoms with E-state index in [4.69, 9.17) is 0 Å². The Morgan fingerprint density at radius 3 is 2.25 bits per heavy atom. The Morgan fingerprint density at radius 1 is 1.17 bits per heavy atom. The van der Waals surface area contributed by atoms with Crippen molar-refractivity contribution in [2.45, 2.75) is 32.5 Å². The van der Waals surface area contributed by atoms with Gasteiger partial charge >= 0.3 is 0 Å². The molecule has 0 nitrogen and oxygen atoms in total. The van der Waals surface area contributed by atoms with Gasteiger partial charge in [-0.25, -0.2) is 0 Å². The number of rotatable bonds is 0. The molecule has 0 aliphatic carbocycles. The molecular formula is C10H18SSi. The molecule has 1 heterocycles. The second kappa shape index (κ2) is 4.39. The van der Waals surface area contributed by atoms with Crippen molar-refractivity contribution in [3.8, 4) is 11.5 Å². The summed E-state index contributed by atoms with van der Waals surface area (Å²) in [6, 6.07) is 0. The van der Waals surface area contributed by atoms with Crippen LogP contribution in [0.2, 0.25) is 19.6 Å². The van der Waals surface area contributed by atoms with Crippen LogP contribution in [0.15, 0.2) is 0 Å². The van der Waals surface area contributed by atoms with Crippen LogP contribution in [0, 0.1) is 17.4 Å². The summed E-state index contributed by atoms with van der Waals surface area (Å²) in [6.07, 6.45) is 2.64. The molecule has 0 N–H and O–H groups in total. The normalized spacial score (nSPS) is 19.9. The first-order chi connectivity index (χ1) is 5.58. The van der Waals surface area contributed by atoms with Crippen LogP contribution in [0.1, 0.15) is 12.8 Å². The summed E-state index contributed by atoms with van der Waals surface area (Å²) in [4.78, 5) is 0. The molecule has 1 saturated heterocycles. The Labute approximate surface area is 81.5 Å². The fourth-order valence-electron chi connectivity index (χ4n) is 1.16. The van der Waals surface area contributed by atoms with E-state index in [1.807, 2.05) is 0 Å². The van der Waals surface area contributed by atoms with Gasteiger partial charge in [0.15, 0.2) is 0 Å². The van der Waals surface area contributed by atoms with Crippen molar-refractivity contribution >= 4 is 19.8 Å². The third kappa shape index (κ3) is 4.23. The van der Waals surface area contributed by atoms with Crippen molar-refractivity contribution < 1.29 is 0 Å². The first kappa shape index (κ1) is 10.2. The minimum Gasteiger partial charge on any atom is -0.162 e. The molecule has 68 valence electrons. The SMILES string of the molecule is C[Si](C)(C)C#CC1CCSCC1. The predicted molar refractivity (Wildman–Crippen MR) is 61.2 cm³/mol. The quantitative estimate of drug-likeness (QED) is 0.426. The van der Waals surface area contributed by atoms with Gasteiger partial charge in [-0.2, -0.15) is 11.8 Å². The average molecular weight is 198 g/mol. The van der Waals surface area contributed by atoms with E-state index in [-0.39, 0.29) is 0 Å². The number of hydrogen-bond donors (Lipinski definition) is 0. The zero-order chi connectivity index (χ0) is 9.03. The molecule has 0 spiro atoms. The van der Waals surface area contributed by atoms with E-state index in [1.165, 1.54) is 24.3 Å². The second-order valence-electron chi connectivity index (χ2n) is 4.41. The van der Waals surface area contributed by atoms with E-state index in [0.717, 1.165) is 5.92 Å². The maximum absolute atomic E-state index is 3.47. The molecule has 0 saturated carbocycles. The highest BCUT2D eigenvalue weighted by atomic mass is 32.2. The van der Waals surface area contributed by atoms with Crippen molar-refractivity contribution in [3.05, 3.63) is 0 Å². The lowest BCUT2D eigenvalue weighted by molar-refractivity contribution is 0.623. The van der Waals surface area contributed by atoms with Crippen LogP contribution in [0.25, 0.3) is 0 Å². The van der Waals surface area contributed by atoms with E-state index in [0.29, 0.717) is 0 Å². The van der Waals surface area contributed by atoms with Gasteiger partial charge in [-0.15, -0.1) is 11.5 Å². The zero-order valence-electron chi connectivity index (χ0n) is 8.31. The molecule has 2 heteroatoms. The molecule has 0 amide bonds. The van der Waals surface area contributed by atoms with Gasteiger partial charge in [0.25, 0.3) is 0 Å². The molecule has 1 rings (SSSR count). The second-order valence-corrected chi connectivity index (χ2v) is 10.4. The van der Waals surface area contributed by atoms with Gasteiger partial charge in [-0.3, -0.25) is 0 Å². The van der Waals surface area contributed by atoms with Crippen LogP contribution in [0.5, 0.6) is 0 Å². The highest BCUT2D eigenvalue weighted by molar-refractivity contribution is 7.99. The van der Waals surface area contributed by atoms with Crippen molar-refractivity contribution in [3.63, 3.8) is 0 Å². The van der Waals surface area contributed by atoms with Gasteiger partial charge in [-0.05, 0) is 24.3 Å². The lowest BCUT2D eigenvalue weighted by Crippen LogP contribution is -2.17. The van der Waals surface area contributed by atoms with Crippen molar-refractivity contribution in [1.82, 2.24) is 0 Å². The molecule has 0 bridgehead atoms. The Kier molecular flexibility index (Phi) is 3.73. The monoisotopic (exact) mass is 198 g/mol. The molecule has 0 aromatic carbocycles. The third-order valence-electron chi connectivity index (χ3n) is 1.87. The maximum Gasteiger partial charge on any atom is 0.129 e. The predicted octanol–water partition coefficient (Wildman–Crippen LogP) is 3.01. The third-order valence-corrected chi connectivity index (χ3v) is 3.82. The molecule has 1 aliphatic rings. The largest absolute Gasteiger partial charge is 0.162 e. The molecule has 12 heavy (non-hydrogen) atoms. The van der Waals surface area contributed by atoms with Gasteiger partial charge in [0.2, 0.25) is 0 Å². The molecule has 0 radical (unpaired) electrons. The van der Waals surface area contributed by atoms with E-state index >= 15 is 0 Å². The van der Waals surface area contributed by atoms with Gasteiger partial charge < -0.3 is 0 Å². The first-order valence-electron chi connectivity index (χ1n) is 4.68. The minimum absolute atomic E-state index is 0.720. The summed E-state index contributed by atoms with van der Waals surface area (Å²) in [7, 11) is -1.11. The van der Waals surface area contributed by atoms with Crippen molar-refractivity contribution in [2.24, 2.45) is 5.92 Å². The van der Waals surface area contributed by atoms with E-state index in [9.17, 15) is 0 Å². The first-order valence-corrected chi connectivity index (χ1v) is 9.34. The van der Waals surface area contributed by atoms with Crippen LogP contribution < -0.4 is 0 Å².